The normalized spacial score (nSPS) is 13.8. The minimum absolute atomic E-state index is 0.175. The van der Waals surface area contributed by atoms with E-state index >= 15 is 0 Å². The van der Waals surface area contributed by atoms with Gasteiger partial charge in [0.15, 0.2) is 0 Å². The Morgan fingerprint density at radius 2 is 1.61 bits per heavy atom. The van der Waals surface area contributed by atoms with Crippen molar-refractivity contribution in [3.05, 3.63) is 89.5 Å². The fraction of sp³-hybridized carbons (Fsp3) is 0.174. The second kappa shape index (κ2) is 8.79. The summed E-state index contributed by atoms with van der Waals surface area (Å²) in [6.07, 6.45) is 0.646. The molecular weight excluding hydrogens is 416 g/mol. The summed E-state index contributed by atoms with van der Waals surface area (Å²) in [4.78, 5) is 12.5. The summed E-state index contributed by atoms with van der Waals surface area (Å²) in [5.41, 5.74) is 3.05. The molecule has 31 heavy (non-hydrogen) atoms. The molecule has 8 heteroatoms. The molecule has 1 aliphatic rings. The first kappa shape index (κ1) is 20.9. The second-order valence-corrected chi connectivity index (χ2v) is 8.61. The van der Waals surface area contributed by atoms with Gasteiger partial charge in [0.05, 0.1) is 12.7 Å². The molecule has 0 unspecified atom stereocenters. The number of para-hydroxylation sites is 1. The number of amides is 1. The summed E-state index contributed by atoms with van der Waals surface area (Å²) in [5, 5.41) is 2.76. The Morgan fingerprint density at radius 1 is 0.935 bits per heavy atom. The Kier molecular flexibility index (Phi) is 5.92. The molecule has 0 saturated heterocycles. The maximum Gasteiger partial charge on any atom is 0.385 e. The zero-order valence-electron chi connectivity index (χ0n) is 16.9. The monoisotopic (exact) mass is 438 g/mol. The highest BCUT2D eigenvalue weighted by atomic mass is 32.2. The lowest BCUT2D eigenvalue weighted by atomic mass is 10.0. The van der Waals surface area contributed by atoms with E-state index in [-0.39, 0.29) is 18.2 Å². The molecule has 3 aromatic rings. The molecule has 7 nitrogen and oxygen atoms in total. The molecule has 0 atom stereocenters. The van der Waals surface area contributed by atoms with Crippen molar-refractivity contribution < 1.29 is 22.1 Å². The Balaban J connectivity index is 1.42. The molecule has 0 radical (unpaired) electrons. The van der Waals surface area contributed by atoms with Crippen LogP contribution in [0, 0.1) is 0 Å². The highest BCUT2D eigenvalue weighted by Crippen LogP contribution is 2.25. The van der Waals surface area contributed by atoms with Crippen LogP contribution in [0.15, 0.2) is 72.8 Å². The molecule has 1 N–H and O–H groups in total. The second-order valence-electron chi connectivity index (χ2n) is 7.07. The molecule has 0 fully saturated rings. The molecule has 1 heterocycles. The molecule has 3 aromatic carbocycles. The number of carbonyl (C=O) groups excluding carboxylic acids is 1. The zero-order valence-corrected chi connectivity index (χ0v) is 17.8. The van der Waals surface area contributed by atoms with Crippen LogP contribution < -0.4 is 14.2 Å². The van der Waals surface area contributed by atoms with E-state index in [9.17, 15) is 13.2 Å². The third-order valence-electron chi connectivity index (χ3n) is 5.08. The van der Waals surface area contributed by atoms with Gasteiger partial charge in [-0.15, -0.1) is 0 Å². The largest absolute Gasteiger partial charge is 0.496 e. The van der Waals surface area contributed by atoms with Crippen molar-refractivity contribution in [3.8, 4) is 11.5 Å². The van der Waals surface area contributed by atoms with E-state index in [2.05, 4.69) is 5.32 Å². The first-order chi connectivity index (χ1) is 15.0. The number of nitrogens with one attached hydrogen (secondary N) is 1. The van der Waals surface area contributed by atoms with Crippen LogP contribution in [0.5, 0.6) is 11.5 Å². The van der Waals surface area contributed by atoms with Gasteiger partial charge in [-0.3, -0.25) is 4.79 Å². The SMILES string of the molecule is COc1ccccc1C(=O)Nc1ccc(OS(=O)(=O)N2CCc3ccccc3C2)cc1. The smallest absolute Gasteiger partial charge is 0.385 e. The molecule has 0 aliphatic carbocycles. The Hall–Kier alpha value is -3.36. The van der Waals surface area contributed by atoms with Crippen LogP contribution >= 0.6 is 0 Å². The van der Waals surface area contributed by atoms with Crippen LogP contribution in [0.3, 0.4) is 0 Å². The molecule has 0 saturated carbocycles. The number of fused-ring (bicyclic) bond motifs is 1. The van der Waals surface area contributed by atoms with Crippen LogP contribution in [0.2, 0.25) is 0 Å². The first-order valence-corrected chi connectivity index (χ1v) is 11.1. The van der Waals surface area contributed by atoms with Crippen molar-refractivity contribution in [3.63, 3.8) is 0 Å². The zero-order chi connectivity index (χ0) is 21.8. The molecule has 1 aliphatic heterocycles. The Bertz CT molecular complexity index is 1190. The molecule has 0 spiro atoms. The van der Waals surface area contributed by atoms with Gasteiger partial charge >= 0.3 is 10.3 Å². The predicted octanol–water partition coefficient (Wildman–Crippen LogP) is 3.63. The fourth-order valence-electron chi connectivity index (χ4n) is 3.46. The average molecular weight is 439 g/mol. The minimum Gasteiger partial charge on any atom is -0.496 e. The third-order valence-corrected chi connectivity index (χ3v) is 6.42. The number of benzene rings is 3. The van der Waals surface area contributed by atoms with Crippen molar-refractivity contribution in [2.75, 3.05) is 19.0 Å². The van der Waals surface area contributed by atoms with E-state index in [1.54, 1.807) is 36.4 Å². The summed E-state index contributed by atoms with van der Waals surface area (Å²) in [5.74, 6) is 0.314. The fourth-order valence-corrected chi connectivity index (χ4v) is 4.53. The number of anilines is 1. The van der Waals surface area contributed by atoms with E-state index < -0.39 is 10.3 Å². The van der Waals surface area contributed by atoms with Crippen molar-refractivity contribution in [2.24, 2.45) is 0 Å². The van der Waals surface area contributed by atoms with Gasteiger partial charge in [0.2, 0.25) is 0 Å². The number of nitrogens with zero attached hydrogens (tertiary/aromatic N) is 1. The summed E-state index contributed by atoms with van der Waals surface area (Å²) < 4.78 is 37.2. The van der Waals surface area contributed by atoms with Gasteiger partial charge in [0.1, 0.15) is 11.5 Å². The quantitative estimate of drug-likeness (QED) is 0.635. The standard InChI is InChI=1S/C23H22N2O5S/c1-29-22-9-5-4-8-21(22)23(26)24-19-10-12-20(13-11-19)30-31(27,28)25-15-14-17-6-2-3-7-18(17)16-25/h2-13H,14-16H2,1H3,(H,24,26). The van der Waals surface area contributed by atoms with Crippen molar-refractivity contribution in [1.29, 1.82) is 0 Å². The highest BCUT2D eigenvalue weighted by molar-refractivity contribution is 7.84. The van der Waals surface area contributed by atoms with Crippen LogP contribution in [-0.4, -0.2) is 32.3 Å². The maximum absolute atomic E-state index is 12.7. The molecule has 4 rings (SSSR count). The van der Waals surface area contributed by atoms with Crippen molar-refractivity contribution in [1.82, 2.24) is 4.31 Å². The molecule has 0 aromatic heterocycles. The molecule has 160 valence electrons. The van der Waals surface area contributed by atoms with Crippen molar-refractivity contribution in [2.45, 2.75) is 13.0 Å². The van der Waals surface area contributed by atoms with Gasteiger partial charge in [-0.2, -0.15) is 12.7 Å². The minimum atomic E-state index is -3.94. The summed E-state index contributed by atoms with van der Waals surface area (Å²) >= 11 is 0. The maximum atomic E-state index is 12.7. The van der Waals surface area contributed by atoms with Crippen LogP contribution in [-0.2, 0) is 23.3 Å². The van der Waals surface area contributed by atoms with E-state index in [1.807, 2.05) is 24.3 Å². The van der Waals surface area contributed by atoms with Gasteiger partial charge in [-0.25, -0.2) is 0 Å². The van der Waals surface area contributed by atoms with Crippen molar-refractivity contribution >= 4 is 21.9 Å². The van der Waals surface area contributed by atoms with Gasteiger partial charge < -0.3 is 14.2 Å². The first-order valence-electron chi connectivity index (χ1n) is 9.77. The molecular formula is C23H22N2O5S. The number of methoxy groups -OCH3 is 1. The van der Waals surface area contributed by atoms with Crippen LogP contribution in [0.25, 0.3) is 0 Å². The lowest BCUT2D eigenvalue weighted by Gasteiger charge is -2.27. The van der Waals surface area contributed by atoms with E-state index in [4.69, 9.17) is 8.92 Å². The van der Waals surface area contributed by atoms with Gasteiger partial charge in [0, 0.05) is 18.8 Å². The average Bonchev–Trinajstić information content (AvgIpc) is 2.79. The van der Waals surface area contributed by atoms with Crippen LogP contribution in [0.1, 0.15) is 21.5 Å². The van der Waals surface area contributed by atoms with E-state index in [0.29, 0.717) is 30.0 Å². The summed E-state index contributed by atoms with van der Waals surface area (Å²) in [6.45, 7) is 0.651. The third kappa shape index (κ3) is 4.70. The van der Waals surface area contributed by atoms with Gasteiger partial charge in [0.25, 0.3) is 5.91 Å². The lowest BCUT2D eigenvalue weighted by Crippen LogP contribution is -2.38. The van der Waals surface area contributed by atoms with E-state index in [1.165, 1.54) is 23.5 Å². The summed E-state index contributed by atoms with van der Waals surface area (Å²) in [7, 11) is -2.44. The predicted molar refractivity (Wildman–Crippen MR) is 117 cm³/mol. The molecule has 0 bridgehead atoms. The van der Waals surface area contributed by atoms with E-state index in [0.717, 1.165) is 11.1 Å². The van der Waals surface area contributed by atoms with Crippen LogP contribution in [0.4, 0.5) is 5.69 Å². The number of hydrogen-bond acceptors (Lipinski definition) is 5. The number of ether oxygens (including phenoxy) is 1. The topological polar surface area (TPSA) is 84.9 Å². The lowest BCUT2D eigenvalue weighted by molar-refractivity contribution is 0.102. The highest BCUT2D eigenvalue weighted by Gasteiger charge is 2.28. The number of carbonyl (C=O) groups is 1. The number of rotatable bonds is 6. The summed E-state index contributed by atoms with van der Waals surface area (Å²) in [6, 6.07) is 20.9. The van der Waals surface area contributed by atoms with Gasteiger partial charge in [-0.05, 0) is 53.9 Å². The number of hydrogen-bond donors (Lipinski definition) is 1. The Labute approximate surface area is 181 Å². The Morgan fingerprint density at radius 3 is 2.35 bits per heavy atom. The molecule has 1 amide bonds. The van der Waals surface area contributed by atoms with Gasteiger partial charge in [-0.1, -0.05) is 36.4 Å².